The van der Waals surface area contributed by atoms with Gasteiger partial charge in [-0.1, -0.05) is 36.4 Å². The summed E-state index contributed by atoms with van der Waals surface area (Å²) in [4.78, 5) is 42.7. The molecule has 206 valence electrons. The van der Waals surface area contributed by atoms with Gasteiger partial charge in [0.05, 0.1) is 11.3 Å². The van der Waals surface area contributed by atoms with Crippen molar-refractivity contribution in [1.82, 2.24) is 15.1 Å². The molecule has 8 nitrogen and oxygen atoms in total. The molecule has 5 rings (SSSR count). The van der Waals surface area contributed by atoms with Crippen LogP contribution in [0.25, 0.3) is 11.3 Å². The van der Waals surface area contributed by atoms with E-state index in [4.69, 9.17) is 0 Å². The fourth-order valence-corrected chi connectivity index (χ4v) is 5.32. The minimum absolute atomic E-state index is 0.0107. The van der Waals surface area contributed by atoms with E-state index in [-0.39, 0.29) is 29.8 Å². The molecule has 2 heterocycles. The Morgan fingerprint density at radius 3 is 2.23 bits per heavy atom. The van der Waals surface area contributed by atoms with Gasteiger partial charge in [0, 0.05) is 66.8 Å². The van der Waals surface area contributed by atoms with Gasteiger partial charge in [0.1, 0.15) is 0 Å². The highest BCUT2D eigenvalue weighted by atomic mass is 16.2. The lowest BCUT2D eigenvalue weighted by atomic mass is 9.98. The Bertz CT molecular complexity index is 1460. The molecule has 8 heteroatoms. The van der Waals surface area contributed by atoms with E-state index in [2.05, 4.69) is 29.8 Å². The van der Waals surface area contributed by atoms with Crippen molar-refractivity contribution in [2.75, 3.05) is 37.3 Å². The van der Waals surface area contributed by atoms with Gasteiger partial charge in [-0.15, -0.1) is 0 Å². The van der Waals surface area contributed by atoms with Crippen LogP contribution in [-0.4, -0.2) is 66.3 Å². The third-order valence-corrected chi connectivity index (χ3v) is 7.39. The first-order valence-corrected chi connectivity index (χ1v) is 13.7. The number of benzene rings is 3. The molecule has 1 saturated heterocycles. The number of anilines is 2. The second-order valence-corrected chi connectivity index (χ2v) is 10.5. The van der Waals surface area contributed by atoms with E-state index in [0.717, 1.165) is 16.8 Å². The van der Waals surface area contributed by atoms with Crippen molar-refractivity contribution in [2.45, 2.75) is 32.9 Å². The van der Waals surface area contributed by atoms with Crippen molar-refractivity contribution in [3.8, 4) is 0 Å². The lowest BCUT2D eigenvalue weighted by Crippen LogP contribution is -2.55. The SMILES string of the molecule is CCN(C)C(=O)c1ccc2c(c1)NC(=O)/C2=C(\Nc1ccc(C(=O)N2C[C@@H](C)N[C@@H](C)C2)cc1)c1ccccc1. The summed E-state index contributed by atoms with van der Waals surface area (Å²) in [5, 5.41) is 9.84. The normalized spacial score (nSPS) is 19.5. The lowest BCUT2D eigenvalue weighted by Gasteiger charge is -2.36. The zero-order valence-corrected chi connectivity index (χ0v) is 23.3. The molecule has 3 aromatic carbocycles. The van der Waals surface area contributed by atoms with E-state index >= 15 is 0 Å². The van der Waals surface area contributed by atoms with Crippen LogP contribution in [0.2, 0.25) is 0 Å². The number of hydrogen-bond donors (Lipinski definition) is 3. The molecule has 0 aromatic heterocycles. The van der Waals surface area contributed by atoms with Crippen LogP contribution >= 0.6 is 0 Å². The summed E-state index contributed by atoms with van der Waals surface area (Å²) < 4.78 is 0. The van der Waals surface area contributed by atoms with Crippen LogP contribution in [0.4, 0.5) is 11.4 Å². The summed E-state index contributed by atoms with van der Waals surface area (Å²) in [6, 6.07) is 22.8. The predicted molar refractivity (Wildman–Crippen MR) is 159 cm³/mol. The third kappa shape index (κ3) is 5.49. The fraction of sp³-hybridized carbons (Fsp3) is 0.281. The highest BCUT2D eigenvalue weighted by Gasteiger charge is 2.30. The molecule has 0 unspecified atom stereocenters. The number of rotatable bonds is 6. The fourth-order valence-electron chi connectivity index (χ4n) is 5.32. The third-order valence-electron chi connectivity index (χ3n) is 7.39. The number of piperazine rings is 1. The van der Waals surface area contributed by atoms with Gasteiger partial charge in [0.2, 0.25) is 0 Å². The van der Waals surface area contributed by atoms with Crippen molar-refractivity contribution in [3.05, 3.63) is 95.1 Å². The summed E-state index contributed by atoms with van der Waals surface area (Å²) >= 11 is 0. The molecular weight excluding hydrogens is 502 g/mol. The van der Waals surface area contributed by atoms with Crippen LogP contribution in [-0.2, 0) is 4.79 Å². The standard InChI is InChI=1S/C32H35N5O3/c1-5-36(4)31(39)24-13-16-26-27(17-24)35-30(38)28(26)29(22-9-7-6-8-10-22)34-25-14-11-23(12-15-25)32(40)37-18-20(2)33-21(3)19-37/h6-17,20-21,33-34H,5,18-19H2,1-4H3,(H,35,38)/b29-28-/t20-,21+. The molecule has 0 radical (unpaired) electrons. The molecule has 2 aliphatic heterocycles. The summed E-state index contributed by atoms with van der Waals surface area (Å²) in [6.07, 6.45) is 0. The molecule has 1 fully saturated rings. The highest BCUT2D eigenvalue weighted by Crippen LogP contribution is 2.38. The minimum Gasteiger partial charge on any atom is -0.354 e. The van der Waals surface area contributed by atoms with Crippen LogP contribution in [0.3, 0.4) is 0 Å². The Morgan fingerprint density at radius 1 is 0.925 bits per heavy atom. The molecule has 3 aromatic rings. The first-order chi connectivity index (χ1) is 19.2. The Kier molecular flexibility index (Phi) is 7.71. The van der Waals surface area contributed by atoms with Crippen LogP contribution < -0.4 is 16.0 Å². The van der Waals surface area contributed by atoms with Crippen molar-refractivity contribution >= 4 is 40.4 Å². The van der Waals surface area contributed by atoms with Crippen molar-refractivity contribution < 1.29 is 14.4 Å². The summed E-state index contributed by atoms with van der Waals surface area (Å²) in [5.74, 6) is -0.335. The number of carbonyl (C=O) groups excluding carboxylic acids is 3. The summed E-state index contributed by atoms with van der Waals surface area (Å²) in [7, 11) is 1.75. The van der Waals surface area contributed by atoms with E-state index < -0.39 is 0 Å². The number of amides is 3. The maximum absolute atomic E-state index is 13.3. The maximum atomic E-state index is 13.3. The molecule has 0 aliphatic carbocycles. The second kappa shape index (κ2) is 11.4. The van der Waals surface area contributed by atoms with Crippen molar-refractivity contribution in [1.29, 1.82) is 0 Å². The van der Waals surface area contributed by atoms with E-state index in [1.807, 2.05) is 72.5 Å². The predicted octanol–water partition coefficient (Wildman–Crippen LogP) is 4.53. The van der Waals surface area contributed by atoms with E-state index in [1.54, 1.807) is 24.1 Å². The quantitative estimate of drug-likeness (QED) is 0.402. The molecule has 2 aliphatic rings. The summed E-state index contributed by atoms with van der Waals surface area (Å²) in [5.41, 5.74) is 5.20. The molecule has 2 atom stereocenters. The van der Waals surface area contributed by atoms with Gasteiger partial charge in [0.15, 0.2) is 0 Å². The maximum Gasteiger partial charge on any atom is 0.258 e. The van der Waals surface area contributed by atoms with Gasteiger partial charge in [-0.25, -0.2) is 0 Å². The molecule has 3 N–H and O–H groups in total. The van der Waals surface area contributed by atoms with Gasteiger partial charge in [-0.05, 0) is 62.7 Å². The van der Waals surface area contributed by atoms with Gasteiger partial charge in [-0.3, -0.25) is 14.4 Å². The molecular formula is C32H35N5O3. The average Bonchev–Trinajstić information content (AvgIpc) is 3.29. The van der Waals surface area contributed by atoms with E-state index in [9.17, 15) is 14.4 Å². The molecule has 3 amide bonds. The first-order valence-electron chi connectivity index (χ1n) is 13.7. The molecule has 0 spiro atoms. The number of nitrogens with zero attached hydrogens (tertiary/aromatic N) is 2. The number of fused-ring (bicyclic) bond motifs is 1. The lowest BCUT2D eigenvalue weighted by molar-refractivity contribution is -0.110. The van der Waals surface area contributed by atoms with Crippen LogP contribution in [0.1, 0.15) is 52.6 Å². The zero-order chi connectivity index (χ0) is 28.4. The van der Waals surface area contributed by atoms with Gasteiger partial charge < -0.3 is 25.8 Å². The van der Waals surface area contributed by atoms with Crippen LogP contribution in [0, 0.1) is 0 Å². The molecule has 0 saturated carbocycles. The van der Waals surface area contributed by atoms with Crippen molar-refractivity contribution in [3.63, 3.8) is 0 Å². The minimum atomic E-state index is -0.247. The Labute approximate surface area is 235 Å². The van der Waals surface area contributed by atoms with Gasteiger partial charge in [-0.2, -0.15) is 0 Å². The van der Waals surface area contributed by atoms with Gasteiger partial charge >= 0.3 is 0 Å². The Balaban J connectivity index is 1.47. The van der Waals surface area contributed by atoms with Crippen molar-refractivity contribution in [2.24, 2.45) is 0 Å². The smallest absolute Gasteiger partial charge is 0.258 e. The number of carbonyl (C=O) groups is 3. The summed E-state index contributed by atoms with van der Waals surface area (Å²) in [6.45, 7) is 8.02. The Morgan fingerprint density at radius 2 is 1.57 bits per heavy atom. The monoisotopic (exact) mass is 537 g/mol. The number of nitrogens with one attached hydrogen (secondary N) is 3. The van der Waals surface area contributed by atoms with Crippen LogP contribution in [0.15, 0.2) is 72.8 Å². The molecule has 40 heavy (non-hydrogen) atoms. The topological polar surface area (TPSA) is 93.8 Å². The Hall–Kier alpha value is -4.43. The zero-order valence-electron chi connectivity index (χ0n) is 23.3. The highest BCUT2D eigenvalue weighted by molar-refractivity contribution is 6.37. The van der Waals surface area contributed by atoms with E-state index in [0.29, 0.717) is 47.7 Å². The second-order valence-electron chi connectivity index (χ2n) is 10.5. The largest absolute Gasteiger partial charge is 0.354 e. The average molecular weight is 538 g/mol. The first kappa shape index (κ1) is 27.1. The van der Waals surface area contributed by atoms with Gasteiger partial charge in [0.25, 0.3) is 17.7 Å². The molecule has 0 bridgehead atoms. The van der Waals surface area contributed by atoms with Crippen LogP contribution in [0.5, 0.6) is 0 Å². The van der Waals surface area contributed by atoms with E-state index in [1.165, 1.54) is 0 Å². The number of hydrogen-bond acceptors (Lipinski definition) is 5.